The van der Waals surface area contributed by atoms with Crippen molar-refractivity contribution in [2.45, 2.75) is 11.1 Å². The Hall–Kier alpha value is -1.84. The van der Waals surface area contributed by atoms with Crippen molar-refractivity contribution in [3.8, 4) is 0 Å². The molecular formula is C16H18N2O4S3. The first kappa shape index (κ1) is 19.5. The Morgan fingerprint density at radius 3 is 2.04 bits per heavy atom. The summed E-state index contributed by atoms with van der Waals surface area (Å²) in [5, 5.41) is 0. The molecule has 0 bridgehead atoms. The van der Waals surface area contributed by atoms with Gasteiger partial charge >= 0.3 is 0 Å². The first-order valence-corrected chi connectivity index (χ1v) is 11.1. The molecule has 0 radical (unpaired) electrons. The average molecular weight is 399 g/mol. The van der Waals surface area contributed by atoms with Gasteiger partial charge in [0.05, 0.1) is 21.0 Å². The summed E-state index contributed by atoms with van der Waals surface area (Å²) in [7, 11) is -2.19. The third-order valence-electron chi connectivity index (χ3n) is 3.45. The van der Waals surface area contributed by atoms with Crippen molar-refractivity contribution in [2.24, 2.45) is 0 Å². The van der Waals surface area contributed by atoms with Gasteiger partial charge in [0.15, 0.2) is 0 Å². The van der Waals surface area contributed by atoms with Crippen LogP contribution in [0.3, 0.4) is 0 Å². The van der Waals surface area contributed by atoms with Crippen LogP contribution in [0.4, 0.5) is 11.4 Å². The first-order chi connectivity index (χ1) is 11.6. The Morgan fingerprint density at radius 2 is 1.60 bits per heavy atom. The topological polar surface area (TPSA) is 74.8 Å². The molecule has 0 saturated carbocycles. The molecule has 0 saturated heterocycles. The Labute approximate surface area is 155 Å². The number of amides is 2. The van der Waals surface area contributed by atoms with E-state index in [1.165, 1.54) is 47.1 Å². The van der Waals surface area contributed by atoms with E-state index in [1.807, 2.05) is 6.26 Å². The van der Waals surface area contributed by atoms with Gasteiger partial charge in [-0.05, 0) is 42.7 Å². The van der Waals surface area contributed by atoms with Gasteiger partial charge in [0.1, 0.15) is 0 Å². The zero-order valence-corrected chi connectivity index (χ0v) is 16.7. The smallest absolute Gasteiger partial charge is 0.282 e. The van der Waals surface area contributed by atoms with Crippen LogP contribution in [0.1, 0.15) is 16.6 Å². The minimum absolute atomic E-state index is 0.146. The van der Waals surface area contributed by atoms with Crippen molar-refractivity contribution in [3.63, 3.8) is 0 Å². The Morgan fingerprint density at radius 1 is 1.04 bits per heavy atom. The predicted octanol–water partition coefficient (Wildman–Crippen LogP) is 3.06. The van der Waals surface area contributed by atoms with Crippen molar-refractivity contribution in [1.29, 1.82) is 0 Å². The Bertz CT molecular complexity index is 888. The molecule has 2 rings (SSSR count). The second-order valence-electron chi connectivity index (χ2n) is 5.25. The van der Waals surface area contributed by atoms with Crippen molar-refractivity contribution in [1.82, 2.24) is 0 Å². The fourth-order valence-corrected chi connectivity index (χ4v) is 4.53. The summed E-state index contributed by atoms with van der Waals surface area (Å²) in [4.78, 5) is 25.9. The van der Waals surface area contributed by atoms with Crippen LogP contribution in [-0.2, 0) is 14.8 Å². The number of hydrogen-bond acceptors (Lipinski definition) is 6. The maximum Gasteiger partial charge on any atom is 0.282 e. The molecule has 0 aliphatic rings. The Kier molecular flexibility index (Phi) is 5.91. The molecule has 0 aliphatic heterocycles. The minimum atomic E-state index is -3.81. The molecular weight excluding hydrogens is 380 g/mol. The number of carbonyl (C=O) groups excluding carboxylic acids is 2. The number of rotatable bonds is 5. The molecule has 1 aromatic heterocycles. The summed E-state index contributed by atoms with van der Waals surface area (Å²) < 4.78 is 26.1. The largest absolute Gasteiger partial charge is 0.316 e. The number of thiophene rings is 1. The molecule has 2 amide bonds. The molecule has 6 nitrogen and oxygen atoms in total. The highest BCUT2D eigenvalue weighted by atomic mass is 32.2. The van der Waals surface area contributed by atoms with Crippen molar-refractivity contribution < 1.29 is 18.0 Å². The average Bonchev–Trinajstić information content (AvgIpc) is 3.02. The predicted molar refractivity (Wildman–Crippen MR) is 103 cm³/mol. The fourth-order valence-electron chi connectivity index (χ4n) is 2.10. The summed E-state index contributed by atoms with van der Waals surface area (Å²) in [6, 6.07) is 9.63. The maximum atomic E-state index is 12.7. The second-order valence-corrected chi connectivity index (χ2v) is 9.27. The lowest BCUT2D eigenvalue weighted by molar-refractivity contribution is -0.116. The zero-order chi connectivity index (χ0) is 18.8. The van der Waals surface area contributed by atoms with Gasteiger partial charge in [-0.2, -0.15) is 0 Å². The van der Waals surface area contributed by atoms with Gasteiger partial charge in [0, 0.05) is 19.7 Å². The van der Waals surface area contributed by atoms with Crippen LogP contribution in [0.15, 0.2) is 40.6 Å². The quantitative estimate of drug-likeness (QED) is 0.724. The van der Waals surface area contributed by atoms with E-state index in [-0.39, 0.29) is 11.6 Å². The minimum Gasteiger partial charge on any atom is -0.316 e. The molecule has 1 aromatic carbocycles. The number of thioether (sulfide) groups is 1. The van der Waals surface area contributed by atoms with Crippen LogP contribution in [0, 0.1) is 0 Å². The summed E-state index contributed by atoms with van der Waals surface area (Å²) in [6.45, 7) is 1.43. The molecule has 0 unspecified atom stereocenters. The summed E-state index contributed by atoms with van der Waals surface area (Å²) in [5.74, 6) is -0.743. The SMILES string of the molecule is CSc1ccc(C(=O)N(c2ccc(N(C)C(C)=O)cc2)S(C)(=O)=O)s1. The van der Waals surface area contributed by atoms with Gasteiger partial charge in [0.25, 0.3) is 5.91 Å². The number of hydrogen-bond donors (Lipinski definition) is 0. The van der Waals surface area contributed by atoms with Crippen molar-refractivity contribution in [3.05, 3.63) is 41.3 Å². The van der Waals surface area contributed by atoms with Crippen molar-refractivity contribution >= 4 is 56.3 Å². The van der Waals surface area contributed by atoms with Crippen LogP contribution in [0.2, 0.25) is 0 Å². The van der Waals surface area contributed by atoms with E-state index in [9.17, 15) is 18.0 Å². The lowest BCUT2D eigenvalue weighted by Gasteiger charge is -2.21. The second kappa shape index (κ2) is 7.59. The van der Waals surface area contributed by atoms with Crippen LogP contribution in [0.5, 0.6) is 0 Å². The fraction of sp³-hybridized carbons (Fsp3) is 0.250. The van der Waals surface area contributed by atoms with Crippen LogP contribution in [-0.4, -0.2) is 39.8 Å². The summed E-state index contributed by atoms with van der Waals surface area (Å²) in [5.41, 5.74) is 0.838. The normalized spacial score (nSPS) is 11.2. The number of benzene rings is 1. The van der Waals surface area contributed by atoms with E-state index in [2.05, 4.69) is 0 Å². The monoisotopic (exact) mass is 398 g/mol. The molecule has 134 valence electrons. The van der Waals surface area contributed by atoms with Gasteiger partial charge in [-0.25, -0.2) is 12.7 Å². The Balaban J connectivity index is 2.41. The molecule has 0 atom stereocenters. The summed E-state index contributed by atoms with van der Waals surface area (Å²) in [6.07, 6.45) is 2.88. The first-order valence-electron chi connectivity index (χ1n) is 7.18. The van der Waals surface area contributed by atoms with Gasteiger partial charge in [0.2, 0.25) is 15.9 Å². The number of anilines is 2. The molecule has 2 aromatic rings. The highest BCUT2D eigenvalue weighted by molar-refractivity contribution is 8.00. The van der Waals surface area contributed by atoms with E-state index < -0.39 is 15.9 Å². The van der Waals surface area contributed by atoms with Crippen LogP contribution in [0.25, 0.3) is 0 Å². The van der Waals surface area contributed by atoms with Gasteiger partial charge in [-0.1, -0.05) is 0 Å². The van der Waals surface area contributed by atoms with Crippen molar-refractivity contribution in [2.75, 3.05) is 28.8 Å². The van der Waals surface area contributed by atoms with E-state index in [0.29, 0.717) is 10.6 Å². The third kappa shape index (κ3) is 4.42. The number of nitrogens with zero attached hydrogens (tertiary/aromatic N) is 2. The van der Waals surface area contributed by atoms with E-state index in [1.54, 1.807) is 31.3 Å². The highest BCUT2D eigenvalue weighted by Gasteiger charge is 2.27. The van der Waals surface area contributed by atoms with Gasteiger partial charge < -0.3 is 4.90 Å². The van der Waals surface area contributed by atoms with Crippen LogP contribution >= 0.6 is 23.1 Å². The zero-order valence-electron chi connectivity index (χ0n) is 14.2. The third-order valence-corrected chi connectivity index (χ3v) is 6.65. The molecule has 0 aliphatic carbocycles. The molecule has 0 fully saturated rings. The number of sulfonamides is 1. The van der Waals surface area contributed by atoms with Gasteiger partial charge in [-0.3, -0.25) is 9.59 Å². The van der Waals surface area contributed by atoms with E-state index in [4.69, 9.17) is 0 Å². The van der Waals surface area contributed by atoms with Crippen LogP contribution < -0.4 is 9.21 Å². The van der Waals surface area contributed by atoms with Gasteiger partial charge in [-0.15, -0.1) is 23.1 Å². The maximum absolute atomic E-state index is 12.7. The lowest BCUT2D eigenvalue weighted by Crippen LogP contribution is -2.35. The lowest BCUT2D eigenvalue weighted by atomic mass is 10.2. The van der Waals surface area contributed by atoms with E-state index in [0.717, 1.165) is 14.8 Å². The molecule has 1 heterocycles. The highest BCUT2D eigenvalue weighted by Crippen LogP contribution is 2.29. The molecule has 25 heavy (non-hydrogen) atoms. The molecule has 0 spiro atoms. The van der Waals surface area contributed by atoms with E-state index >= 15 is 0 Å². The number of carbonyl (C=O) groups is 2. The molecule has 0 N–H and O–H groups in total. The molecule has 9 heteroatoms. The standard InChI is InChI=1S/C16H18N2O4S3/c1-11(19)17(2)12-5-7-13(8-6-12)18(25(4,21)22)16(20)14-9-10-15(23-3)24-14/h5-10H,1-4H3. The summed E-state index contributed by atoms with van der Waals surface area (Å²) >= 11 is 2.74.